The molecule has 1 aliphatic rings. The first-order valence-corrected chi connectivity index (χ1v) is 11.0. The zero-order valence-electron chi connectivity index (χ0n) is 17.3. The maximum absolute atomic E-state index is 12.8. The van der Waals surface area contributed by atoms with Crippen LogP contribution in [0.15, 0.2) is 30.3 Å². The summed E-state index contributed by atoms with van der Waals surface area (Å²) in [5.41, 5.74) is 0.646. The summed E-state index contributed by atoms with van der Waals surface area (Å²) in [5.74, 6) is -0.387. The number of para-hydroxylation sites is 1. The molecule has 0 radical (unpaired) electrons. The highest BCUT2D eigenvalue weighted by Crippen LogP contribution is 2.21. The molecule has 2 heterocycles. The summed E-state index contributed by atoms with van der Waals surface area (Å²) < 4.78 is 0. The van der Waals surface area contributed by atoms with Crippen LogP contribution < -0.4 is 10.6 Å². The molecular weight excluding hydrogens is 402 g/mol. The molecule has 1 aromatic heterocycles. The summed E-state index contributed by atoms with van der Waals surface area (Å²) in [6.07, 6.45) is 2.45. The Morgan fingerprint density at radius 2 is 1.90 bits per heavy atom. The predicted molar refractivity (Wildman–Crippen MR) is 115 cm³/mol. The van der Waals surface area contributed by atoms with E-state index in [1.807, 2.05) is 18.2 Å². The molecule has 1 aliphatic heterocycles. The molecule has 1 aromatic carbocycles. The van der Waals surface area contributed by atoms with E-state index >= 15 is 0 Å². The molecule has 3 rings (SSSR count). The molecule has 0 spiro atoms. The lowest BCUT2D eigenvalue weighted by Gasteiger charge is -2.31. The Balaban J connectivity index is 1.57. The van der Waals surface area contributed by atoms with Crippen molar-refractivity contribution in [3.8, 4) is 0 Å². The zero-order valence-corrected chi connectivity index (χ0v) is 18.1. The van der Waals surface area contributed by atoms with E-state index in [4.69, 9.17) is 0 Å². The lowest BCUT2D eigenvalue weighted by molar-refractivity contribution is -0.126. The average Bonchev–Trinajstić information content (AvgIpc) is 3.24. The first-order valence-electron chi connectivity index (χ1n) is 10.2. The van der Waals surface area contributed by atoms with Gasteiger partial charge in [0, 0.05) is 25.3 Å². The number of hydrogen-bond acceptors (Lipinski definition) is 6. The van der Waals surface area contributed by atoms with Crippen molar-refractivity contribution in [2.24, 2.45) is 11.8 Å². The molecule has 1 saturated heterocycles. The summed E-state index contributed by atoms with van der Waals surface area (Å²) >= 11 is 0.963. The van der Waals surface area contributed by atoms with Crippen LogP contribution in [0.3, 0.4) is 0 Å². The van der Waals surface area contributed by atoms with Crippen LogP contribution in [-0.2, 0) is 4.79 Å². The number of anilines is 1. The van der Waals surface area contributed by atoms with Gasteiger partial charge in [-0.1, -0.05) is 43.4 Å². The number of hydrogen-bond donors (Lipinski definition) is 2. The molecule has 9 heteroatoms. The van der Waals surface area contributed by atoms with Crippen molar-refractivity contribution in [3.05, 3.63) is 40.3 Å². The van der Waals surface area contributed by atoms with E-state index in [0.29, 0.717) is 31.2 Å². The fourth-order valence-corrected chi connectivity index (χ4v) is 3.95. The highest BCUT2D eigenvalue weighted by atomic mass is 32.1. The molecule has 0 unspecified atom stereocenters. The molecule has 0 aliphatic carbocycles. The third-order valence-electron chi connectivity index (χ3n) is 4.93. The van der Waals surface area contributed by atoms with Gasteiger partial charge in [-0.15, -0.1) is 10.2 Å². The van der Waals surface area contributed by atoms with E-state index < -0.39 is 5.91 Å². The molecule has 8 nitrogen and oxygen atoms in total. The summed E-state index contributed by atoms with van der Waals surface area (Å²) in [6.45, 7) is 5.81. The van der Waals surface area contributed by atoms with E-state index in [-0.39, 0.29) is 27.7 Å². The van der Waals surface area contributed by atoms with Crippen molar-refractivity contribution in [3.63, 3.8) is 0 Å². The van der Waals surface area contributed by atoms with Gasteiger partial charge in [-0.2, -0.15) is 0 Å². The fourth-order valence-electron chi connectivity index (χ4n) is 3.25. The van der Waals surface area contributed by atoms with Gasteiger partial charge in [0.1, 0.15) is 0 Å². The normalized spacial score (nSPS) is 16.4. The molecule has 0 saturated carbocycles. The highest BCUT2D eigenvalue weighted by Gasteiger charge is 2.30. The van der Waals surface area contributed by atoms with Gasteiger partial charge in [-0.25, -0.2) is 0 Å². The highest BCUT2D eigenvalue weighted by molar-refractivity contribution is 7.15. The average molecular weight is 430 g/mol. The Hall–Kier alpha value is -2.81. The predicted octanol–water partition coefficient (Wildman–Crippen LogP) is 2.80. The lowest BCUT2D eigenvalue weighted by Crippen LogP contribution is -2.45. The first-order chi connectivity index (χ1) is 14.4. The largest absolute Gasteiger partial charge is 0.356 e. The zero-order chi connectivity index (χ0) is 21.5. The summed E-state index contributed by atoms with van der Waals surface area (Å²) in [6, 6.07) is 9.02. The van der Waals surface area contributed by atoms with Crippen LogP contribution in [0.2, 0.25) is 0 Å². The Kier molecular flexibility index (Phi) is 7.51. The second-order valence-electron chi connectivity index (χ2n) is 7.80. The quantitative estimate of drug-likeness (QED) is 0.704. The molecule has 1 fully saturated rings. The Labute approximate surface area is 180 Å². The minimum atomic E-state index is -0.404. The van der Waals surface area contributed by atoms with Gasteiger partial charge in [0.05, 0.1) is 5.92 Å². The van der Waals surface area contributed by atoms with Gasteiger partial charge >= 0.3 is 0 Å². The maximum Gasteiger partial charge on any atom is 0.286 e. The van der Waals surface area contributed by atoms with Gasteiger partial charge in [0.15, 0.2) is 0 Å². The van der Waals surface area contributed by atoms with E-state index in [0.717, 1.165) is 30.6 Å². The van der Waals surface area contributed by atoms with Gasteiger partial charge < -0.3 is 15.5 Å². The van der Waals surface area contributed by atoms with Crippen LogP contribution in [0.25, 0.3) is 0 Å². The van der Waals surface area contributed by atoms with Gasteiger partial charge in [-0.3, -0.25) is 14.4 Å². The van der Waals surface area contributed by atoms with E-state index in [1.54, 1.807) is 17.0 Å². The monoisotopic (exact) mass is 429 g/mol. The molecule has 2 N–H and O–H groups in total. The van der Waals surface area contributed by atoms with Gasteiger partial charge in [0.2, 0.25) is 15.9 Å². The van der Waals surface area contributed by atoms with Gasteiger partial charge in [0.25, 0.3) is 11.8 Å². The second kappa shape index (κ2) is 10.3. The number of piperidine rings is 1. The molecule has 1 atom stereocenters. The minimum Gasteiger partial charge on any atom is -0.356 e. The van der Waals surface area contributed by atoms with E-state index in [2.05, 4.69) is 34.7 Å². The third-order valence-corrected chi connectivity index (χ3v) is 5.84. The molecular formula is C21H27N5O3S. The van der Waals surface area contributed by atoms with Crippen molar-refractivity contribution in [2.75, 3.05) is 25.0 Å². The van der Waals surface area contributed by atoms with Crippen LogP contribution >= 0.6 is 11.3 Å². The molecule has 0 bridgehead atoms. The third kappa shape index (κ3) is 5.85. The number of rotatable bonds is 7. The van der Waals surface area contributed by atoms with Crippen molar-refractivity contribution in [2.45, 2.75) is 33.1 Å². The van der Waals surface area contributed by atoms with Crippen molar-refractivity contribution in [1.82, 2.24) is 20.4 Å². The topological polar surface area (TPSA) is 104 Å². The van der Waals surface area contributed by atoms with Crippen LogP contribution in [0.4, 0.5) is 5.69 Å². The smallest absolute Gasteiger partial charge is 0.286 e. The second-order valence-corrected chi connectivity index (χ2v) is 8.77. The summed E-state index contributed by atoms with van der Waals surface area (Å²) in [7, 11) is 0. The minimum absolute atomic E-state index is 0.00617. The van der Waals surface area contributed by atoms with Crippen molar-refractivity contribution >= 4 is 34.7 Å². The summed E-state index contributed by atoms with van der Waals surface area (Å²) in [5, 5.41) is 13.8. The molecule has 160 valence electrons. The lowest BCUT2D eigenvalue weighted by atomic mass is 9.97. The standard InChI is InChI=1S/C21H27N5O3S/c1-14(2)10-11-22-17(27)15-7-6-12-26(13-15)21(29)20-25-24-19(30-20)18(28)23-16-8-4-3-5-9-16/h3-5,8-9,14-15H,6-7,10-13H2,1-2H3,(H,22,27)(H,23,28)/t15-/m0/s1. The van der Waals surface area contributed by atoms with Crippen LogP contribution in [0.1, 0.15) is 52.7 Å². The van der Waals surface area contributed by atoms with Crippen molar-refractivity contribution < 1.29 is 14.4 Å². The first kappa shape index (κ1) is 21.9. The number of carbonyl (C=O) groups excluding carboxylic acids is 3. The Bertz CT molecular complexity index is 884. The van der Waals surface area contributed by atoms with E-state index in [1.165, 1.54) is 0 Å². The van der Waals surface area contributed by atoms with Crippen molar-refractivity contribution in [1.29, 1.82) is 0 Å². The van der Waals surface area contributed by atoms with E-state index in [9.17, 15) is 14.4 Å². The van der Waals surface area contributed by atoms with Gasteiger partial charge in [-0.05, 0) is 37.3 Å². The Morgan fingerprint density at radius 3 is 2.63 bits per heavy atom. The Morgan fingerprint density at radius 1 is 1.17 bits per heavy atom. The maximum atomic E-state index is 12.8. The number of carbonyl (C=O) groups is 3. The van der Waals surface area contributed by atoms with Crippen LogP contribution in [-0.4, -0.2) is 52.5 Å². The number of likely N-dealkylation sites (tertiary alicyclic amines) is 1. The van der Waals surface area contributed by atoms with Crippen LogP contribution in [0, 0.1) is 11.8 Å². The molecule has 30 heavy (non-hydrogen) atoms. The number of nitrogens with zero attached hydrogens (tertiary/aromatic N) is 3. The molecule has 3 amide bonds. The number of benzene rings is 1. The summed E-state index contributed by atoms with van der Waals surface area (Å²) in [4.78, 5) is 39.2. The van der Waals surface area contributed by atoms with Crippen LogP contribution in [0.5, 0.6) is 0 Å². The fraction of sp³-hybridized carbons (Fsp3) is 0.476. The molecule has 2 aromatic rings. The number of aromatic nitrogens is 2. The SMILES string of the molecule is CC(C)CCNC(=O)[C@H]1CCCN(C(=O)c2nnc(C(=O)Nc3ccccc3)s2)C1. The number of nitrogens with one attached hydrogen (secondary N) is 2. The number of amides is 3.